The summed E-state index contributed by atoms with van der Waals surface area (Å²) in [4.78, 5) is 10.3. The summed E-state index contributed by atoms with van der Waals surface area (Å²) in [5.74, 6) is -0.472. The van der Waals surface area contributed by atoms with Crippen molar-refractivity contribution in [2.24, 2.45) is 5.73 Å². The molecule has 0 fully saturated rings. The Hall–Kier alpha value is -0.650. The normalized spacial score (nSPS) is 14.0. The van der Waals surface area contributed by atoms with Gasteiger partial charge in [0, 0.05) is 12.6 Å². The minimum atomic E-state index is -0.760. The number of ether oxygens (including phenoxy) is 1. The number of aliphatic hydroxyl groups is 1. The minimum absolute atomic E-state index is 0.0281. The molecule has 0 aromatic rings. The monoisotopic (exact) mass is 204 g/mol. The average Bonchev–Trinajstić information content (AvgIpc) is 2.01. The second-order valence-corrected chi connectivity index (χ2v) is 3.85. The molecule has 4 N–H and O–H groups in total. The van der Waals surface area contributed by atoms with E-state index in [4.69, 9.17) is 10.5 Å². The predicted octanol–water partition coefficient (Wildman–Crippen LogP) is -0.763. The van der Waals surface area contributed by atoms with Crippen molar-refractivity contribution in [3.63, 3.8) is 0 Å². The number of carbonyl (C=O) groups excluding carboxylic acids is 1. The van der Waals surface area contributed by atoms with Crippen LogP contribution in [0.3, 0.4) is 0 Å². The third kappa shape index (κ3) is 6.82. The number of hydrogen-bond donors (Lipinski definition) is 3. The van der Waals surface area contributed by atoms with Crippen molar-refractivity contribution in [3.05, 3.63) is 0 Å². The van der Waals surface area contributed by atoms with Crippen molar-refractivity contribution in [2.45, 2.75) is 32.4 Å². The van der Waals surface area contributed by atoms with Gasteiger partial charge in [-0.3, -0.25) is 4.79 Å². The van der Waals surface area contributed by atoms with Crippen LogP contribution in [0.1, 0.15) is 20.8 Å². The fourth-order valence-corrected chi connectivity index (χ4v) is 0.770. The van der Waals surface area contributed by atoms with E-state index in [1.807, 2.05) is 6.92 Å². The van der Waals surface area contributed by atoms with Gasteiger partial charge >= 0.3 is 0 Å². The molecule has 0 saturated carbocycles. The summed E-state index contributed by atoms with van der Waals surface area (Å²) >= 11 is 0. The van der Waals surface area contributed by atoms with Crippen molar-refractivity contribution in [1.82, 2.24) is 5.32 Å². The quantitative estimate of drug-likeness (QED) is 0.476. The molecule has 0 aliphatic rings. The SMILES string of the molecule is CC(NCCOCC(N)=O)C(C)(C)O. The average molecular weight is 204 g/mol. The highest BCUT2D eigenvalue weighted by atomic mass is 16.5. The smallest absolute Gasteiger partial charge is 0.243 e. The molecule has 0 rings (SSSR count). The van der Waals surface area contributed by atoms with E-state index in [1.54, 1.807) is 13.8 Å². The Bertz CT molecular complexity index is 177. The molecule has 5 heteroatoms. The van der Waals surface area contributed by atoms with E-state index in [1.165, 1.54) is 0 Å². The highest BCUT2D eigenvalue weighted by Crippen LogP contribution is 2.06. The number of amides is 1. The molecule has 0 aromatic heterocycles. The zero-order valence-electron chi connectivity index (χ0n) is 9.04. The molecule has 0 aromatic carbocycles. The first-order valence-corrected chi connectivity index (χ1v) is 4.66. The summed E-state index contributed by atoms with van der Waals surface area (Å²) < 4.78 is 4.94. The molecular formula is C9H20N2O3. The van der Waals surface area contributed by atoms with Crippen LogP contribution >= 0.6 is 0 Å². The van der Waals surface area contributed by atoms with Crippen LogP contribution in [0.15, 0.2) is 0 Å². The Morgan fingerprint density at radius 2 is 2.21 bits per heavy atom. The van der Waals surface area contributed by atoms with Gasteiger partial charge in [-0.05, 0) is 20.8 Å². The molecule has 84 valence electrons. The maximum absolute atomic E-state index is 10.3. The van der Waals surface area contributed by atoms with Gasteiger partial charge in [-0.25, -0.2) is 0 Å². The number of nitrogens with one attached hydrogen (secondary N) is 1. The summed E-state index contributed by atoms with van der Waals surface area (Å²) in [7, 11) is 0. The Morgan fingerprint density at radius 3 is 2.64 bits per heavy atom. The summed E-state index contributed by atoms with van der Waals surface area (Å²) in [6.07, 6.45) is 0. The van der Waals surface area contributed by atoms with Gasteiger partial charge in [0.1, 0.15) is 6.61 Å². The first-order valence-electron chi connectivity index (χ1n) is 4.66. The molecule has 0 heterocycles. The number of primary amides is 1. The second kappa shape index (κ2) is 5.95. The molecule has 0 aliphatic heterocycles. The van der Waals surface area contributed by atoms with E-state index in [0.717, 1.165) is 0 Å². The van der Waals surface area contributed by atoms with Gasteiger partial charge in [0.25, 0.3) is 0 Å². The Balaban J connectivity index is 3.41. The largest absolute Gasteiger partial charge is 0.389 e. The minimum Gasteiger partial charge on any atom is -0.389 e. The molecule has 0 saturated heterocycles. The fourth-order valence-electron chi connectivity index (χ4n) is 0.770. The molecule has 0 aliphatic carbocycles. The predicted molar refractivity (Wildman–Crippen MR) is 53.8 cm³/mol. The zero-order valence-corrected chi connectivity index (χ0v) is 9.04. The Kier molecular flexibility index (Phi) is 5.68. The molecular weight excluding hydrogens is 184 g/mol. The lowest BCUT2D eigenvalue weighted by molar-refractivity contribution is -0.122. The Labute approximate surface area is 84.6 Å². The third-order valence-corrected chi connectivity index (χ3v) is 2.00. The first kappa shape index (κ1) is 13.4. The van der Waals surface area contributed by atoms with E-state index in [2.05, 4.69) is 5.32 Å². The van der Waals surface area contributed by atoms with Gasteiger partial charge < -0.3 is 20.9 Å². The van der Waals surface area contributed by atoms with E-state index in [-0.39, 0.29) is 12.6 Å². The van der Waals surface area contributed by atoms with Crippen molar-refractivity contribution < 1.29 is 14.6 Å². The molecule has 0 spiro atoms. The lowest BCUT2D eigenvalue weighted by atomic mass is 10.0. The van der Waals surface area contributed by atoms with Crippen LogP contribution in [0.25, 0.3) is 0 Å². The van der Waals surface area contributed by atoms with Gasteiger partial charge in [-0.2, -0.15) is 0 Å². The van der Waals surface area contributed by atoms with Gasteiger partial charge in [-0.1, -0.05) is 0 Å². The van der Waals surface area contributed by atoms with Crippen LogP contribution in [0.4, 0.5) is 0 Å². The first-order chi connectivity index (χ1) is 6.34. The standard InChI is InChI=1S/C9H20N2O3/c1-7(9(2,3)13)11-4-5-14-6-8(10)12/h7,11,13H,4-6H2,1-3H3,(H2,10,12). The summed E-state index contributed by atoms with van der Waals surface area (Å²) in [6.45, 7) is 6.28. The van der Waals surface area contributed by atoms with Crippen LogP contribution in [0, 0.1) is 0 Å². The topological polar surface area (TPSA) is 84.6 Å². The lowest BCUT2D eigenvalue weighted by Gasteiger charge is -2.26. The highest BCUT2D eigenvalue weighted by Gasteiger charge is 2.20. The number of hydrogen-bond acceptors (Lipinski definition) is 4. The highest BCUT2D eigenvalue weighted by molar-refractivity contribution is 5.74. The third-order valence-electron chi connectivity index (χ3n) is 2.00. The Morgan fingerprint density at radius 1 is 1.64 bits per heavy atom. The van der Waals surface area contributed by atoms with Crippen molar-refractivity contribution >= 4 is 5.91 Å². The van der Waals surface area contributed by atoms with Crippen LogP contribution in [0.5, 0.6) is 0 Å². The van der Waals surface area contributed by atoms with Crippen LogP contribution in [0.2, 0.25) is 0 Å². The van der Waals surface area contributed by atoms with Gasteiger partial charge in [0.2, 0.25) is 5.91 Å². The van der Waals surface area contributed by atoms with E-state index in [0.29, 0.717) is 13.2 Å². The number of nitrogens with two attached hydrogens (primary N) is 1. The lowest BCUT2D eigenvalue weighted by Crippen LogP contribution is -2.45. The molecule has 1 unspecified atom stereocenters. The fraction of sp³-hybridized carbons (Fsp3) is 0.889. The van der Waals surface area contributed by atoms with Crippen LogP contribution in [-0.4, -0.2) is 42.4 Å². The second-order valence-electron chi connectivity index (χ2n) is 3.85. The van der Waals surface area contributed by atoms with Gasteiger partial charge in [0.05, 0.1) is 12.2 Å². The maximum Gasteiger partial charge on any atom is 0.243 e. The maximum atomic E-state index is 10.3. The number of carbonyl (C=O) groups is 1. The summed E-state index contributed by atoms with van der Waals surface area (Å²) in [5, 5.41) is 12.6. The number of rotatable bonds is 7. The molecule has 0 radical (unpaired) electrons. The zero-order chi connectivity index (χ0) is 11.2. The van der Waals surface area contributed by atoms with E-state index in [9.17, 15) is 9.90 Å². The molecule has 1 atom stereocenters. The van der Waals surface area contributed by atoms with Crippen molar-refractivity contribution in [2.75, 3.05) is 19.8 Å². The molecule has 5 nitrogen and oxygen atoms in total. The molecule has 14 heavy (non-hydrogen) atoms. The molecule has 0 bridgehead atoms. The summed E-state index contributed by atoms with van der Waals surface area (Å²) in [6, 6.07) is -0.0281. The van der Waals surface area contributed by atoms with E-state index < -0.39 is 11.5 Å². The van der Waals surface area contributed by atoms with Crippen molar-refractivity contribution in [1.29, 1.82) is 0 Å². The van der Waals surface area contributed by atoms with Crippen LogP contribution in [-0.2, 0) is 9.53 Å². The van der Waals surface area contributed by atoms with Gasteiger partial charge in [0.15, 0.2) is 0 Å². The molecule has 1 amide bonds. The van der Waals surface area contributed by atoms with Gasteiger partial charge in [-0.15, -0.1) is 0 Å². The van der Waals surface area contributed by atoms with Crippen molar-refractivity contribution in [3.8, 4) is 0 Å². The van der Waals surface area contributed by atoms with Crippen LogP contribution < -0.4 is 11.1 Å². The van der Waals surface area contributed by atoms with E-state index >= 15 is 0 Å². The summed E-state index contributed by atoms with van der Waals surface area (Å²) in [5.41, 5.74) is 4.12.